The fraction of sp³-hybridized carbons (Fsp3) is 0.0714. The summed E-state index contributed by atoms with van der Waals surface area (Å²) < 4.78 is 4.70. The second-order valence-corrected chi connectivity index (χ2v) is 3.70. The zero-order chi connectivity index (χ0) is 12.1. The van der Waals surface area contributed by atoms with Crippen molar-refractivity contribution in [3.8, 4) is 11.1 Å². The maximum absolute atomic E-state index is 11.4. The third-order valence-corrected chi connectivity index (χ3v) is 2.52. The van der Waals surface area contributed by atoms with Crippen molar-refractivity contribution in [2.45, 2.75) is 0 Å². The predicted octanol–water partition coefficient (Wildman–Crippen LogP) is 3.71. The van der Waals surface area contributed by atoms with Crippen LogP contribution in [0, 0.1) is 0 Å². The fourth-order valence-corrected chi connectivity index (χ4v) is 1.66. The second-order valence-electron chi connectivity index (χ2n) is 3.48. The van der Waals surface area contributed by atoms with Crippen molar-refractivity contribution in [2.75, 3.05) is 6.07 Å². The van der Waals surface area contributed by atoms with E-state index in [4.69, 9.17) is 16.3 Å². The lowest BCUT2D eigenvalue weighted by molar-refractivity contribution is 0.0574. The number of carbonyl (C=O) groups excluding carboxylic acids is 1. The van der Waals surface area contributed by atoms with Crippen molar-refractivity contribution in [1.82, 2.24) is 0 Å². The van der Waals surface area contributed by atoms with E-state index >= 15 is 0 Å². The second kappa shape index (κ2) is 5.51. The molecule has 0 N–H and O–H groups in total. The Kier molecular flexibility index (Phi) is 3.78. The average molecular weight is 247 g/mol. The van der Waals surface area contributed by atoms with E-state index in [-0.39, 0.29) is 6.07 Å². The van der Waals surface area contributed by atoms with Crippen LogP contribution in [0.15, 0.2) is 54.6 Å². The Bertz CT molecular complexity index is 491. The van der Waals surface area contributed by atoms with Crippen LogP contribution in [0.25, 0.3) is 11.1 Å². The summed E-state index contributed by atoms with van der Waals surface area (Å²) in [6, 6.07) is 17.1. The molecule has 0 aliphatic heterocycles. The molecule has 0 aliphatic rings. The number of carbonyl (C=O) groups is 1. The van der Waals surface area contributed by atoms with E-state index in [1.165, 1.54) is 0 Å². The van der Waals surface area contributed by atoms with Crippen molar-refractivity contribution in [1.29, 1.82) is 0 Å². The first-order valence-electron chi connectivity index (χ1n) is 5.20. The molecule has 0 radical (unpaired) electrons. The van der Waals surface area contributed by atoms with Gasteiger partial charge in [0.15, 0.2) is 6.07 Å². The molecule has 2 aromatic carbocycles. The molecule has 0 saturated carbocycles. The van der Waals surface area contributed by atoms with E-state index in [0.717, 1.165) is 11.1 Å². The quantitative estimate of drug-likeness (QED) is 0.610. The Labute approximate surface area is 105 Å². The topological polar surface area (TPSA) is 26.3 Å². The maximum Gasteiger partial charge on any atom is 0.339 e. The molecule has 0 aromatic heterocycles. The highest BCUT2D eigenvalue weighted by Gasteiger charge is 2.06. The third kappa shape index (κ3) is 2.86. The number of hydrogen-bond acceptors (Lipinski definition) is 2. The number of ether oxygens (including phenoxy) is 1. The molecular weight excluding hydrogens is 236 g/mol. The Hall–Kier alpha value is -1.80. The van der Waals surface area contributed by atoms with Gasteiger partial charge in [-0.15, -0.1) is 0 Å². The fourth-order valence-electron chi connectivity index (χ4n) is 1.56. The summed E-state index contributed by atoms with van der Waals surface area (Å²) in [5, 5.41) is 0. The summed E-state index contributed by atoms with van der Waals surface area (Å²) in [7, 11) is 0. The lowest BCUT2D eigenvalue weighted by Gasteiger charge is -2.03. The number of esters is 1. The van der Waals surface area contributed by atoms with E-state index in [1.807, 2.05) is 42.5 Å². The first-order chi connectivity index (χ1) is 8.31. The van der Waals surface area contributed by atoms with Crippen molar-refractivity contribution in [3.63, 3.8) is 0 Å². The first-order valence-corrected chi connectivity index (χ1v) is 5.73. The lowest BCUT2D eigenvalue weighted by Crippen LogP contribution is -2.02. The van der Waals surface area contributed by atoms with Gasteiger partial charge >= 0.3 is 5.97 Å². The summed E-state index contributed by atoms with van der Waals surface area (Å²) in [6.45, 7) is 0. The van der Waals surface area contributed by atoms with Crippen LogP contribution < -0.4 is 0 Å². The van der Waals surface area contributed by atoms with Crippen molar-refractivity contribution in [2.24, 2.45) is 0 Å². The minimum absolute atomic E-state index is 0.126. The van der Waals surface area contributed by atoms with E-state index in [0.29, 0.717) is 5.56 Å². The molecule has 0 amide bonds. The zero-order valence-electron chi connectivity index (χ0n) is 9.10. The van der Waals surface area contributed by atoms with Gasteiger partial charge in [-0.25, -0.2) is 4.79 Å². The van der Waals surface area contributed by atoms with Gasteiger partial charge in [-0.3, -0.25) is 0 Å². The van der Waals surface area contributed by atoms with Crippen molar-refractivity contribution >= 4 is 17.6 Å². The molecule has 0 aliphatic carbocycles. The van der Waals surface area contributed by atoms with Gasteiger partial charge < -0.3 is 4.74 Å². The Morgan fingerprint density at radius 3 is 2.12 bits per heavy atom. The molecule has 0 fully saturated rings. The zero-order valence-corrected chi connectivity index (χ0v) is 9.85. The number of rotatable bonds is 3. The Morgan fingerprint density at radius 1 is 0.941 bits per heavy atom. The molecule has 0 spiro atoms. The van der Waals surface area contributed by atoms with E-state index in [9.17, 15) is 4.79 Å². The van der Waals surface area contributed by atoms with Crippen LogP contribution in [0.1, 0.15) is 10.4 Å². The van der Waals surface area contributed by atoms with Crippen LogP contribution >= 0.6 is 11.6 Å². The molecule has 0 unspecified atom stereocenters. The molecule has 2 rings (SSSR count). The van der Waals surface area contributed by atoms with E-state index in [2.05, 4.69) is 0 Å². The standard InChI is InChI=1S/C14H11ClO2/c15-10-17-14(16)13-8-6-12(7-9-13)11-4-2-1-3-5-11/h1-9H,10H2. The predicted molar refractivity (Wildman–Crippen MR) is 68.0 cm³/mol. The van der Waals surface area contributed by atoms with Gasteiger partial charge in [0.1, 0.15) is 0 Å². The molecule has 3 heteroatoms. The van der Waals surface area contributed by atoms with E-state index < -0.39 is 5.97 Å². The van der Waals surface area contributed by atoms with Gasteiger partial charge in [-0.05, 0) is 23.3 Å². The van der Waals surface area contributed by atoms with Crippen molar-refractivity contribution in [3.05, 3.63) is 60.2 Å². The summed E-state index contributed by atoms with van der Waals surface area (Å²) >= 11 is 5.33. The van der Waals surface area contributed by atoms with Crippen LogP contribution in [-0.4, -0.2) is 12.0 Å². The third-order valence-electron chi connectivity index (χ3n) is 2.41. The molecule has 86 valence electrons. The number of halogens is 1. The van der Waals surface area contributed by atoms with Crippen LogP contribution in [0.5, 0.6) is 0 Å². The summed E-state index contributed by atoms with van der Waals surface area (Å²) in [4.78, 5) is 11.4. The SMILES string of the molecule is O=C(OCCl)c1ccc(-c2ccccc2)cc1. The lowest BCUT2D eigenvalue weighted by atomic mass is 10.0. The van der Waals surface area contributed by atoms with Gasteiger partial charge in [0, 0.05) is 0 Å². The number of alkyl halides is 1. The number of benzene rings is 2. The highest BCUT2D eigenvalue weighted by molar-refractivity contribution is 6.17. The molecular formula is C14H11ClO2. The van der Waals surface area contributed by atoms with Crippen LogP contribution in [-0.2, 0) is 4.74 Å². The van der Waals surface area contributed by atoms with Gasteiger partial charge in [-0.1, -0.05) is 54.1 Å². The van der Waals surface area contributed by atoms with Crippen LogP contribution in [0.4, 0.5) is 0 Å². The van der Waals surface area contributed by atoms with Crippen LogP contribution in [0.3, 0.4) is 0 Å². The highest BCUT2D eigenvalue weighted by atomic mass is 35.5. The van der Waals surface area contributed by atoms with Gasteiger partial charge in [0.05, 0.1) is 5.56 Å². The molecule has 0 saturated heterocycles. The molecule has 0 atom stereocenters. The monoisotopic (exact) mass is 246 g/mol. The summed E-state index contributed by atoms with van der Waals surface area (Å²) in [5.74, 6) is -0.403. The molecule has 17 heavy (non-hydrogen) atoms. The normalized spacial score (nSPS) is 9.94. The van der Waals surface area contributed by atoms with E-state index in [1.54, 1.807) is 12.1 Å². The largest absolute Gasteiger partial charge is 0.446 e. The Morgan fingerprint density at radius 2 is 1.53 bits per heavy atom. The average Bonchev–Trinajstić information content (AvgIpc) is 2.40. The highest BCUT2D eigenvalue weighted by Crippen LogP contribution is 2.19. The molecule has 0 heterocycles. The van der Waals surface area contributed by atoms with Gasteiger partial charge in [0.25, 0.3) is 0 Å². The Balaban J connectivity index is 2.22. The van der Waals surface area contributed by atoms with Gasteiger partial charge in [0.2, 0.25) is 0 Å². The molecule has 2 nitrogen and oxygen atoms in total. The minimum atomic E-state index is -0.403. The number of hydrogen-bond donors (Lipinski definition) is 0. The summed E-state index contributed by atoms with van der Waals surface area (Å²) in [6.07, 6.45) is 0. The van der Waals surface area contributed by atoms with Gasteiger partial charge in [-0.2, -0.15) is 0 Å². The molecule has 0 bridgehead atoms. The minimum Gasteiger partial charge on any atom is -0.446 e. The summed E-state index contributed by atoms with van der Waals surface area (Å²) in [5.41, 5.74) is 2.68. The maximum atomic E-state index is 11.4. The van der Waals surface area contributed by atoms with Crippen molar-refractivity contribution < 1.29 is 9.53 Å². The molecule has 2 aromatic rings. The smallest absolute Gasteiger partial charge is 0.339 e. The first kappa shape index (κ1) is 11.7. The van der Waals surface area contributed by atoms with Crippen LogP contribution in [0.2, 0.25) is 0 Å².